The first-order valence-electron chi connectivity index (χ1n) is 16.2. The molecule has 7 nitrogen and oxygen atoms in total. The van der Waals surface area contributed by atoms with Gasteiger partial charge in [-0.25, -0.2) is 8.42 Å². The number of piperidine rings is 1. The van der Waals surface area contributed by atoms with Crippen LogP contribution in [-0.2, 0) is 23.0 Å². The van der Waals surface area contributed by atoms with Crippen molar-refractivity contribution in [3.8, 4) is 0 Å². The summed E-state index contributed by atoms with van der Waals surface area (Å²) in [5.74, 6) is 0.543. The van der Waals surface area contributed by atoms with Gasteiger partial charge in [-0.3, -0.25) is 4.79 Å². The zero-order chi connectivity index (χ0) is 28.7. The predicted molar refractivity (Wildman–Crippen MR) is 164 cm³/mol. The lowest BCUT2D eigenvalue weighted by Gasteiger charge is -2.39. The van der Waals surface area contributed by atoms with Crippen LogP contribution in [0.25, 0.3) is 0 Å². The highest BCUT2D eigenvalue weighted by molar-refractivity contribution is 7.89. The SMILES string of the molecule is Cc1ccc(S(=O)(=O)N2CCC(CCCCNC(=O)c3cc4c([nH]3)CC3(CCCCCCCCC3)NC4)CC2)cc1. The number of amides is 1. The van der Waals surface area contributed by atoms with Gasteiger partial charge >= 0.3 is 0 Å². The second-order valence-corrected chi connectivity index (χ2v) is 14.8. The van der Waals surface area contributed by atoms with Gasteiger partial charge in [0.1, 0.15) is 5.69 Å². The van der Waals surface area contributed by atoms with Crippen molar-refractivity contribution in [2.75, 3.05) is 19.6 Å². The number of carbonyl (C=O) groups is 1. The Balaban J connectivity index is 1.02. The monoisotopic (exact) mass is 582 g/mol. The minimum atomic E-state index is -3.40. The first-order chi connectivity index (χ1) is 19.8. The van der Waals surface area contributed by atoms with Gasteiger partial charge < -0.3 is 15.6 Å². The molecule has 8 heteroatoms. The summed E-state index contributed by atoms with van der Waals surface area (Å²) in [6.45, 7) is 4.67. The summed E-state index contributed by atoms with van der Waals surface area (Å²) in [4.78, 5) is 16.8. The highest BCUT2D eigenvalue weighted by Crippen LogP contribution is 2.33. The summed E-state index contributed by atoms with van der Waals surface area (Å²) in [6, 6.07) is 9.18. The van der Waals surface area contributed by atoms with E-state index >= 15 is 0 Å². The molecule has 226 valence electrons. The summed E-state index contributed by atoms with van der Waals surface area (Å²) in [6.07, 6.45) is 17.7. The topological polar surface area (TPSA) is 94.3 Å². The second kappa shape index (κ2) is 13.9. The fraction of sp³-hybridized carbons (Fsp3) is 0.667. The molecule has 0 radical (unpaired) electrons. The molecule has 2 fully saturated rings. The van der Waals surface area contributed by atoms with E-state index in [9.17, 15) is 13.2 Å². The smallest absolute Gasteiger partial charge is 0.267 e. The molecule has 2 aromatic rings. The lowest BCUT2D eigenvalue weighted by molar-refractivity contribution is 0.0948. The van der Waals surface area contributed by atoms with Crippen molar-refractivity contribution in [3.05, 3.63) is 52.8 Å². The quantitative estimate of drug-likeness (QED) is 0.322. The van der Waals surface area contributed by atoms with Crippen LogP contribution in [0.4, 0.5) is 0 Å². The maximum absolute atomic E-state index is 13.0. The van der Waals surface area contributed by atoms with Gasteiger partial charge in [-0.15, -0.1) is 0 Å². The van der Waals surface area contributed by atoms with E-state index in [0.717, 1.165) is 50.6 Å². The Labute approximate surface area is 247 Å². The maximum Gasteiger partial charge on any atom is 0.267 e. The number of H-pyrrole nitrogens is 1. The Morgan fingerprint density at radius 3 is 2.32 bits per heavy atom. The van der Waals surface area contributed by atoms with Crippen molar-refractivity contribution in [1.29, 1.82) is 0 Å². The van der Waals surface area contributed by atoms with Crippen LogP contribution in [0.3, 0.4) is 0 Å². The van der Waals surface area contributed by atoms with E-state index in [2.05, 4.69) is 15.6 Å². The highest BCUT2D eigenvalue weighted by atomic mass is 32.2. The predicted octanol–water partition coefficient (Wildman–Crippen LogP) is 6.23. The minimum absolute atomic E-state index is 0.00553. The normalized spacial score (nSPS) is 20.9. The number of nitrogens with zero attached hydrogens (tertiary/aromatic N) is 1. The molecule has 2 aliphatic heterocycles. The third-order valence-corrected chi connectivity index (χ3v) is 11.7. The molecule has 3 N–H and O–H groups in total. The van der Waals surface area contributed by atoms with Crippen molar-refractivity contribution in [2.24, 2.45) is 5.92 Å². The summed E-state index contributed by atoms with van der Waals surface area (Å²) in [7, 11) is -3.40. The van der Waals surface area contributed by atoms with E-state index in [4.69, 9.17) is 0 Å². The Bertz CT molecular complexity index is 1240. The number of sulfonamides is 1. The standard InChI is InChI=1S/C33H50N4O3S/c1-26-12-14-29(15-13-26)41(39,40)37-21-16-27(17-22-37)11-7-10-20-34-32(38)30-23-28-25-35-33(24-31(28)36-30)18-8-5-3-2-4-6-9-19-33/h12-15,23,27,35-36H,2-11,16-22,24-25H2,1H3,(H,34,38). The molecule has 1 amide bonds. The zero-order valence-corrected chi connectivity index (χ0v) is 25.8. The molecule has 1 aromatic carbocycles. The summed E-state index contributed by atoms with van der Waals surface area (Å²) < 4.78 is 27.6. The molecule has 41 heavy (non-hydrogen) atoms. The van der Waals surface area contributed by atoms with Crippen LogP contribution in [0.5, 0.6) is 0 Å². The number of hydrogen-bond donors (Lipinski definition) is 3. The van der Waals surface area contributed by atoms with Gasteiger partial charge in [0.15, 0.2) is 0 Å². The van der Waals surface area contributed by atoms with E-state index in [0.29, 0.717) is 36.1 Å². The molecule has 1 saturated carbocycles. The minimum Gasteiger partial charge on any atom is -0.354 e. The first kappa shape index (κ1) is 30.3. The number of aromatic nitrogens is 1. The second-order valence-electron chi connectivity index (χ2n) is 12.9. The molecule has 0 bridgehead atoms. The van der Waals surface area contributed by atoms with Gasteiger partial charge in [0.25, 0.3) is 5.91 Å². The molecule has 3 aliphatic rings. The summed E-state index contributed by atoms with van der Waals surface area (Å²) >= 11 is 0. The number of aryl methyl sites for hydroxylation is 1. The third kappa shape index (κ3) is 7.82. The number of rotatable bonds is 8. The number of aromatic amines is 1. The highest BCUT2D eigenvalue weighted by Gasteiger charge is 2.35. The van der Waals surface area contributed by atoms with Crippen LogP contribution in [0.1, 0.15) is 117 Å². The Hall–Kier alpha value is -2.16. The van der Waals surface area contributed by atoms with Crippen LogP contribution >= 0.6 is 0 Å². The van der Waals surface area contributed by atoms with Crippen LogP contribution in [0, 0.1) is 12.8 Å². The van der Waals surface area contributed by atoms with Gasteiger partial charge in [-0.05, 0) is 68.7 Å². The Morgan fingerprint density at radius 2 is 1.63 bits per heavy atom. The van der Waals surface area contributed by atoms with Crippen molar-refractivity contribution < 1.29 is 13.2 Å². The van der Waals surface area contributed by atoms with Gasteiger partial charge in [0, 0.05) is 43.8 Å². The van der Waals surface area contributed by atoms with E-state index < -0.39 is 10.0 Å². The fourth-order valence-corrected chi connectivity index (χ4v) is 8.57. The van der Waals surface area contributed by atoms with E-state index in [1.54, 1.807) is 16.4 Å². The molecule has 1 aliphatic carbocycles. The lowest BCUT2D eigenvalue weighted by atomic mass is 9.79. The number of hydrogen-bond acceptors (Lipinski definition) is 4. The average Bonchev–Trinajstić information content (AvgIpc) is 3.40. The van der Waals surface area contributed by atoms with Crippen molar-refractivity contribution >= 4 is 15.9 Å². The van der Waals surface area contributed by atoms with Crippen molar-refractivity contribution in [2.45, 2.75) is 120 Å². The van der Waals surface area contributed by atoms with E-state index in [1.807, 2.05) is 25.1 Å². The molecule has 5 rings (SSSR count). The summed E-state index contributed by atoms with van der Waals surface area (Å²) in [5, 5.41) is 7.00. The summed E-state index contributed by atoms with van der Waals surface area (Å²) in [5.41, 5.74) is 4.43. The first-order valence-corrected chi connectivity index (χ1v) is 17.6. The third-order valence-electron chi connectivity index (χ3n) is 9.77. The van der Waals surface area contributed by atoms with Crippen LogP contribution in [0.15, 0.2) is 35.2 Å². The number of fused-ring (bicyclic) bond motifs is 1. The van der Waals surface area contributed by atoms with Crippen LogP contribution in [-0.4, -0.2) is 48.8 Å². The molecule has 0 atom stereocenters. The Kier molecular flexibility index (Phi) is 10.3. The molecule has 0 unspecified atom stereocenters. The van der Waals surface area contributed by atoms with Gasteiger partial charge in [-0.2, -0.15) is 4.31 Å². The lowest BCUT2D eigenvalue weighted by Crippen LogP contribution is -2.49. The van der Waals surface area contributed by atoms with Crippen molar-refractivity contribution in [3.63, 3.8) is 0 Å². The van der Waals surface area contributed by atoms with Crippen LogP contribution < -0.4 is 10.6 Å². The molecular formula is C33H50N4O3S. The van der Waals surface area contributed by atoms with Gasteiger partial charge in [0.2, 0.25) is 10.0 Å². The molecule has 1 spiro atoms. The zero-order valence-electron chi connectivity index (χ0n) is 25.0. The van der Waals surface area contributed by atoms with Gasteiger partial charge in [-0.1, -0.05) is 75.5 Å². The average molecular weight is 583 g/mol. The Morgan fingerprint density at radius 1 is 0.976 bits per heavy atom. The van der Waals surface area contributed by atoms with E-state index in [1.165, 1.54) is 69.0 Å². The van der Waals surface area contributed by atoms with Crippen molar-refractivity contribution in [1.82, 2.24) is 19.9 Å². The molecule has 3 heterocycles. The number of carbonyl (C=O) groups excluding carboxylic acids is 1. The van der Waals surface area contributed by atoms with E-state index in [-0.39, 0.29) is 11.4 Å². The molecular weight excluding hydrogens is 532 g/mol. The number of nitrogens with one attached hydrogen (secondary N) is 3. The largest absolute Gasteiger partial charge is 0.354 e. The fourth-order valence-electron chi connectivity index (χ4n) is 7.10. The molecule has 1 aromatic heterocycles. The number of benzene rings is 1. The van der Waals surface area contributed by atoms with Gasteiger partial charge in [0.05, 0.1) is 4.90 Å². The molecule has 1 saturated heterocycles. The maximum atomic E-state index is 13.0. The van der Waals surface area contributed by atoms with Crippen LogP contribution in [0.2, 0.25) is 0 Å². The number of unbranched alkanes of at least 4 members (excludes halogenated alkanes) is 1.